The number of nitrogens with zero attached hydrogens (tertiary/aromatic N) is 1. The van der Waals surface area contributed by atoms with Crippen molar-refractivity contribution in [2.24, 2.45) is 0 Å². The van der Waals surface area contributed by atoms with Gasteiger partial charge in [0.25, 0.3) is 0 Å². The van der Waals surface area contributed by atoms with Gasteiger partial charge in [-0.2, -0.15) is 13.2 Å². The molecule has 0 atom stereocenters. The van der Waals surface area contributed by atoms with Gasteiger partial charge in [0.05, 0.1) is 16.8 Å². The third kappa shape index (κ3) is 3.22. The number of hydrogen-bond acceptors (Lipinski definition) is 1. The largest absolute Gasteiger partial charge is 0.416 e. The van der Waals surface area contributed by atoms with Crippen molar-refractivity contribution in [3.8, 4) is 11.3 Å². The second-order valence-electron chi connectivity index (χ2n) is 5.35. The molecule has 0 aliphatic carbocycles. The lowest BCUT2D eigenvalue weighted by Gasteiger charge is -2.06. The van der Waals surface area contributed by atoms with Gasteiger partial charge in [-0.05, 0) is 24.3 Å². The first-order valence-corrected chi connectivity index (χ1v) is 8.07. The van der Waals surface area contributed by atoms with Crippen LogP contribution in [-0.2, 0) is 6.18 Å². The Morgan fingerprint density at radius 2 is 1.68 bits per heavy atom. The monoisotopic (exact) mass is 342 g/mol. The Hall–Kier alpha value is -2.82. The van der Waals surface area contributed by atoms with Gasteiger partial charge in [0.15, 0.2) is 0 Å². The SMILES string of the molecule is CC.FC(F)(F)c1ccc2c(-c3ccc4ccccc4n3)c[nH]c2c1. The molecule has 2 nitrogen and oxygen atoms in total. The van der Waals surface area contributed by atoms with E-state index < -0.39 is 11.7 Å². The number of nitrogens with one attached hydrogen (secondary N) is 1. The molecule has 0 aliphatic rings. The van der Waals surface area contributed by atoms with Crippen LogP contribution in [0.5, 0.6) is 0 Å². The number of aromatic nitrogens is 2. The van der Waals surface area contributed by atoms with Crippen LogP contribution in [0.3, 0.4) is 0 Å². The fourth-order valence-electron chi connectivity index (χ4n) is 2.73. The van der Waals surface area contributed by atoms with E-state index in [0.717, 1.165) is 39.7 Å². The first-order valence-electron chi connectivity index (χ1n) is 8.07. The lowest BCUT2D eigenvalue weighted by Crippen LogP contribution is -2.04. The van der Waals surface area contributed by atoms with Crippen molar-refractivity contribution < 1.29 is 13.2 Å². The lowest BCUT2D eigenvalue weighted by molar-refractivity contribution is -0.137. The van der Waals surface area contributed by atoms with Crippen LogP contribution in [0, 0.1) is 0 Å². The van der Waals surface area contributed by atoms with Gasteiger partial charge in [-0.25, -0.2) is 4.98 Å². The Morgan fingerprint density at radius 3 is 2.44 bits per heavy atom. The number of benzene rings is 2. The minimum Gasteiger partial charge on any atom is -0.360 e. The number of halogens is 3. The zero-order valence-corrected chi connectivity index (χ0v) is 13.9. The zero-order chi connectivity index (χ0) is 18.0. The highest BCUT2D eigenvalue weighted by Crippen LogP contribution is 2.34. The standard InChI is InChI=1S/C18H11F3N2.C2H6/c19-18(20,21)12-6-7-13-14(10-22-17(13)9-12)16-8-5-11-3-1-2-4-15(11)23-16;1-2/h1-10,22H;1-2H3. The zero-order valence-electron chi connectivity index (χ0n) is 13.9. The summed E-state index contributed by atoms with van der Waals surface area (Å²) < 4.78 is 38.4. The number of alkyl halides is 3. The molecule has 25 heavy (non-hydrogen) atoms. The van der Waals surface area contributed by atoms with Crippen molar-refractivity contribution in [2.75, 3.05) is 0 Å². The van der Waals surface area contributed by atoms with E-state index in [1.807, 2.05) is 50.2 Å². The number of fused-ring (bicyclic) bond motifs is 2. The van der Waals surface area contributed by atoms with Crippen LogP contribution in [0.25, 0.3) is 33.1 Å². The van der Waals surface area contributed by atoms with Crippen LogP contribution in [0.4, 0.5) is 13.2 Å². The molecule has 0 amide bonds. The van der Waals surface area contributed by atoms with E-state index in [9.17, 15) is 13.2 Å². The van der Waals surface area contributed by atoms with Crippen molar-refractivity contribution >= 4 is 21.8 Å². The molecule has 0 radical (unpaired) electrons. The molecule has 0 fully saturated rings. The van der Waals surface area contributed by atoms with E-state index in [1.165, 1.54) is 6.07 Å². The summed E-state index contributed by atoms with van der Waals surface area (Å²) in [6, 6.07) is 15.3. The molecule has 0 aliphatic heterocycles. The Morgan fingerprint density at radius 1 is 0.920 bits per heavy atom. The van der Waals surface area contributed by atoms with Gasteiger partial charge in [-0.3, -0.25) is 0 Å². The van der Waals surface area contributed by atoms with Crippen molar-refractivity contribution in [1.82, 2.24) is 9.97 Å². The number of rotatable bonds is 1. The number of H-pyrrole nitrogens is 1. The van der Waals surface area contributed by atoms with E-state index >= 15 is 0 Å². The first kappa shape index (κ1) is 17.0. The summed E-state index contributed by atoms with van der Waals surface area (Å²) in [7, 11) is 0. The molecule has 5 heteroatoms. The molecule has 0 saturated heterocycles. The molecule has 2 heterocycles. The van der Waals surface area contributed by atoms with Crippen LogP contribution in [0.1, 0.15) is 19.4 Å². The summed E-state index contributed by atoms with van der Waals surface area (Å²) in [5.74, 6) is 0. The molecule has 0 unspecified atom stereocenters. The average molecular weight is 342 g/mol. The molecule has 0 spiro atoms. The molecule has 128 valence electrons. The summed E-state index contributed by atoms with van der Waals surface area (Å²) in [6.07, 6.45) is -2.65. The van der Waals surface area contributed by atoms with Crippen LogP contribution in [0.2, 0.25) is 0 Å². The number of pyridine rings is 1. The molecular weight excluding hydrogens is 325 g/mol. The maximum Gasteiger partial charge on any atom is 0.416 e. The Balaban J connectivity index is 0.000000880. The molecule has 1 N–H and O–H groups in total. The molecule has 2 aromatic heterocycles. The van der Waals surface area contributed by atoms with E-state index in [-0.39, 0.29) is 0 Å². The Kier molecular flexibility index (Phi) is 4.49. The lowest BCUT2D eigenvalue weighted by atomic mass is 10.1. The Bertz CT molecular complexity index is 1020. The third-order valence-corrected chi connectivity index (χ3v) is 3.88. The molecule has 2 aromatic carbocycles. The van der Waals surface area contributed by atoms with Gasteiger partial charge in [0, 0.05) is 28.0 Å². The quantitative estimate of drug-likeness (QED) is 0.424. The topological polar surface area (TPSA) is 28.7 Å². The van der Waals surface area contributed by atoms with Gasteiger partial charge < -0.3 is 4.98 Å². The van der Waals surface area contributed by atoms with Crippen molar-refractivity contribution in [2.45, 2.75) is 20.0 Å². The van der Waals surface area contributed by atoms with Crippen molar-refractivity contribution in [3.05, 3.63) is 66.4 Å². The van der Waals surface area contributed by atoms with Crippen LogP contribution in [0.15, 0.2) is 60.8 Å². The molecule has 4 rings (SSSR count). The van der Waals surface area contributed by atoms with Crippen LogP contribution in [-0.4, -0.2) is 9.97 Å². The summed E-state index contributed by atoms with van der Waals surface area (Å²) >= 11 is 0. The van der Waals surface area contributed by atoms with Crippen LogP contribution >= 0.6 is 0 Å². The van der Waals surface area contributed by atoms with E-state index in [2.05, 4.69) is 9.97 Å². The maximum atomic E-state index is 12.8. The highest BCUT2D eigenvalue weighted by molar-refractivity contribution is 5.96. The second kappa shape index (κ2) is 6.59. The fourth-order valence-corrected chi connectivity index (χ4v) is 2.73. The third-order valence-electron chi connectivity index (χ3n) is 3.88. The minimum atomic E-state index is -4.35. The summed E-state index contributed by atoms with van der Waals surface area (Å²) in [4.78, 5) is 7.50. The Labute approximate surface area is 143 Å². The first-order chi connectivity index (χ1) is 12.0. The highest BCUT2D eigenvalue weighted by Gasteiger charge is 2.30. The predicted molar refractivity (Wildman–Crippen MR) is 95.4 cm³/mol. The van der Waals surface area contributed by atoms with E-state index in [0.29, 0.717) is 5.52 Å². The predicted octanol–water partition coefficient (Wildman–Crippen LogP) is 6.43. The van der Waals surface area contributed by atoms with Gasteiger partial charge >= 0.3 is 6.18 Å². The summed E-state index contributed by atoms with van der Waals surface area (Å²) in [5, 5.41) is 1.75. The van der Waals surface area contributed by atoms with Gasteiger partial charge in [0.1, 0.15) is 0 Å². The van der Waals surface area contributed by atoms with Crippen molar-refractivity contribution in [1.29, 1.82) is 0 Å². The summed E-state index contributed by atoms with van der Waals surface area (Å²) in [6.45, 7) is 4.00. The smallest absolute Gasteiger partial charge is 0.360 e. The molecule has 4 aromatic rings. The minimum absolute atomic E-state index is 0.449. The van der Waals surface area contributed by atoms with Gasteiger partial charge in [-0.15, -0.1) is 0 Å². The number of aromatic amines is 1. The van der Waals surface area contributed by atoms with Gasteiger partial charge in [0.2, 0.25) is 0 Å². The van der Waals surface area contributed by atoms with E-state index in [4.69, 9.17) is 0 Å². The fraction of sp³-hybridized carbons (Fsp3) is 0.150. The average Bonchev–Trinajstić information content (AvgIpc) is 3.05. The van der Waals surface area contributed by atoms with Gasteiger partial charge in [-0.1, -0.05) is 44.2 Å². The number of hydrogen-bond donors (Lipinski definition) is 1. The van der Waals surface area contributed by atoms with Crippen LogP contribution < -0.4 is 0 Å². The summed E-state index contributed by atoms with van der Waals surface area (Å²) in [5.41, 5.74) is 2.16. The maximum absolute atomic E-state index is 12.8. The normalized spacial score (nSPS) is 11.4. The second-order valence-corrected chi connectivity index (χ2v) is 5.35. The van der Waals surface area contributed by atoms with Crippen molar-refractivity contribution in [3.63, 3.8) is 0 Å². The molecule has 0 saturated carbocycles. The molecular formula is C20H17F3N2. The molecule has 0 bridgehead atoms. The van der Waals surface area contributed by atoms with E-state index in [1.54, 1.807) is 6.20 Å². The number of para-hydroxylation sites is 1. The highest BCUT2D eigenvalue weighted by atomic mass is 19.4.